The van der Waals surface area contributed by atoms with Crippen LogP contribution < -0.4 is 4.74 Å². The molecular formula is C28H43N2O6Si+. The molecule has 1 amide bonds. The summed E-state index contributed by atoms with van der Waals surface area (Å²) < 4.78 is 18.1. The lowest BCUT2D eigenvalue weighted by atomic mass is 9.82. The van der Waals surface area contributed by atoms with E-state index in [1.54, 1.807) is 12.0 Å². The molecule has 4 atom stereocenters. The molecule has 4 rings (SSSR count). The molecular weight excluding hydrogens is 488 g/mol. The summed E-state index contributed by atoms with van der Waals surface area (Å²) in [6.07, 6.45) is 1.05. The molecule has 1 aromatic rings. The van der Waals surface area contributed by atoms with Gasteiger partial charge >= 0.3 is 5.97 Å². The summed E-state index contributed by atoms with van der Waals surface area (Å²) >= 11 is 0. The first-order chi connectivity index (χ1) is 17.6. The van der Waals surface area contributed by atoms with Gasteiger partial charge in [0.15, 0.2) is 8.32 Å². The highest BCUT2D eigenvalue weighted by Crippen LogP contribution is 2.48. The molecule has 0 N–H and O–H groups in total. The van der Waals surface area contributed by atoms with Gasteiger partial charge in [0, 0.05) is 6.42 Å². The maximum Gasteiger partial charge on any atom is 0.355 e. The first kappa shape index (κ1) is 27.8. The van der Waals surface area contributed by atoms with Gasteiger partial charge in [0.05, 0.1) is 39.3 Å². The molecule has 3 heterocycles. The summed E-state index contributed by atoms with van der Waals surface area (Å²) in [5, 5.41) is 0. The lowest BCUT2D eigenvalue weighted by Gasteiger charge is -2.48. The third kappa shape index (κ3) is 5.37. The number of fused-ring (bicyclic) bond motifs is 1. The van der Waals surface area contributed by atoms with Gasteiger partial charge in [-0.1, -0.05) is 32.9 Å². The van der Waals surface area contributed by atoms with E-state index in [0.717, 1.165) is 48.0 Å². The van der Waals surface area contributed by atoms with Crippen LogP contribution in [0, 0.1) is 5.92 Å². The standard InChI is InChI=1S/C28H43N2O6Si/c1-8-37(9-2,10-3)36-19(4)25-23-17-22(24-15-16-30(5,6)35-24)26(29(23)27(25)31)28(32)34-18-20-11-13-21(33-7)14-12-20/h11-14,19,23-25H,8-10,15-18H2,1-7H3/q+1/t19-,23-,24-,25-/m1/s1. The Kier molecular flexibility index (Phi) is 8.18. The fourth-order valence-electron chi connectivity index (χ4n) is 6.09. The number of methoxy groups -OCH3 is 1. The molecule has 3 aliphatic heterocycles. The minimum Gasteiger partial charge on any atom is -0.497 e. The van der Waals surface area contributed by atoms with Gasteiger partial charge in [-0.3, -0.25) is 4.79 Å². The smallest absolute Gasteiger partial charge is 0.355 e. The van der Waals surface area contributed by atoms with Crippen molar-refractivity contribution in [2.24, 2.45) is 5.92 Å². The summed E-state index contributed by atoms with van der Waals surface area (Å²) in [5.74, 6) is -0.00857. The van der Waals surface area contributed by atoms with E-state index in [-0.39, 0.29) is 36.7 Å². The monoisotopic (exact) mass is 531 g/mol. The Morgan fingerprint density at radius 2 is 1.81 bits per heavy atom. The Balaban J connectivity index is 1.54. The minimum atomic E-state index is -1.87. The highest BCUT2D eigenvalue weighted by atomic mass is 28.4. The number of hydroxylamine groups is 3. The zero-order valence-electron chi connectivity index (χ0n) is 23.4. The molecule has 0 radical (unpaired) electrons. The first-order valence-electron chi connectivity index (χ1n) is 13.6. The van der Waals surface area contributed by atoms with Crippen LogP contribution in [0.4, 0.5) is 0 Å². The van der Waals surface area contributed by atoms with Crippen LogP contribution in [0.5, 0.6) is 5.75 Å². The van der Waals surface area contributed by atoms with Crippen LogP contribution in [-0.4, -0.2) is 75.7 Å². The predicted octanol–water partition coefficient (Wildman–Crippen LogP) is 4.41. The van der Waals surface area contributed by atoms with Crippen molar-refractivity contribution >= 4 is 20.2 Å². The predicted molar refractivity (Wildman–Crippen MR) is 143 cm³/mol. The summed E-state index contributed by atoms with van der Waals surface area (Å²) in [4.78, 5) is 35.0. The van der Waals surface area contributed by atoms with Gasteiger partial charge in [0.2, 0.25) is 5.91 Å². The summed E-state index contributed by atoms with van der Waals surface area (Å²) in [5.41, 5.74) is 2.13. The van der Waals surface area contributed by atoms with Crippen LogP contribution >= 0.6 is 0 Å². The third-order valence-electron chi connectivity index (χ3n) is 8.57. The number of benzene rings is 1. The molecule has 8 nitrogen and oxygen atoms in total. The first-order valence-corrected chi connectivity index (χ1v) is 16.2. The Labute approximate surface area is 222 Å². The SMILES string of the molecule is CC[Si](CC)(CC)O[C@H](C)[C@H]1C(=O)N2C(C(=O)OCc3ccc(OC)cc3)=C([C@H]3CC[N+](C)(C)O3)C[C@H]12. The van der Waals surface area contributed by atoms with Crippen molar-refractivity contribution in [3.05, 3.63) is 41.1 Å². The number of ether oxygens (including phenoxy) is 2. The van der Waals surface area contributed by atoms with Crippen molar-refractivity contribution in [2.45, 2.75) is 83.5 Å². The average molecular weight is 532 g/mol. The lowest BCUT2D eigenvalue weighted by Crippen LogP contribution is -2.63. The highest BCUT2D eigenvalue weighted by Gasteiger charge is 2.59. The van der Waals surface area contributed by atoms with E-state index in [4.69, 9.17) is 18.7 Å². The van der Waals surface area contributed by atoms with E-state index in [0.29, 0.717) is 16.8 Å². The van der Waals surface area contributed by atoms with Crippen molar-refractivity contribution in [3.63, 3.8) is 0 Å². The number of β-lactam (4-membered cyclic amide) rings is 1. The van der Waals surface area contributed by atoms with E-state index >= 15 is 0 Å². The average Bonchev–Trinajstić information content (AvgIpc) is 3.43. The van der Waals surface area contributed by atoms with Gasteiger partial charge < -0.3 is 18.8 Å². The van der Waals surface area contributed by atoms with Gasteiger partial charge in [-0.25, -0.2) is 4.79 Å². The van der Waals surface area contributed by atoms with Crippen LogP contribution in [0.2, 0.25) is 18.1 Å². The third-order valence-corrected chi connectivity index (χ3v) is 13.3. The number of amides is 1. The molecule has 2 fully saturated rings. The number of carbonyl (C=O) groups excluding carboxylic acids is 2. The Bertz CT molecular complexity index is 1030. The van der Waals surface area contributed by atoms with E-state index in [1.165, 1.54) is 0 Å². The number of hydrogen-bond donors (Lipinski definition) is 0. The molecule has 0 aliphatic carbocycles. The second-order valence-electron chi connectivity index (χ2n) is 11.1. The van der Waals surface area contributed by atoms with Gasteiger partial charge in [0.1, 0.15) is 30.7 Å². The van der Waals surface area contributed by atoms with E-state index in [9.17, 15) is 9.59 Å². The van der Waals surface area contributed by atoms with E-state index < -0.39 is 14.3 Å². The minimum absolute atomic E-state index is 0.0400. The maximum atomic E-state index is 13.5. The largest absolute Gasteiger partial charge is 0.497 e. The van der Waals surface area contributed by atoms with E-state index in [2.05, 4.69) is 20.8 Å². The molecule has 1 aromatic carbocycles. The number of rotatable bonds is 11. The topological polar surface area (TPSA) is 74.3 Å². The summed E-state index contributed by atoms with van der Waals surface area (Å²) in [6, 6.07) is 10.4. The van der Waals surface area contributed by atoms with E-state index in [1.807, 2.05) is 45.3 Å². The Hall–Kier alpha value is -2.20. The van der Waals surface area contributed by atoms with Crippen molar-refractivity contribution in [1.29, 1.82) is 0 Å². The van der Waals surface area contributed by atoms with Crippen molar-refractivity contribution in [3.8, 4) is 5.75 Å². The normalized spacial score (nSPS) is 25.6. The second kappa shape index (κ2) is 10.9. The molecule has 204 valence electrons. The molecule has 0 unspecified atom stereocenters. The van der Waals surface area contributed by atoms with Crippen LogP contribution in [-0.2, 0) is 30.2 Å². The van der Waals surface area contributed by atoms with Crippen LogP contribution in [0.1, 0.15) is 46.1 Å². The summed E-state index contributed by atoms with van der Waals surface area (Å²) in [6.45, 7) is 9.61. The van der Waals surface area contributed by atoms with Crippen LogP contribution in [0.15, 0.2) is 35.5 Å². The van der Waals surface area contributed by atoms with Gasteiger partial charge in [-0.05, 0) is 54.7 Å². The number of quaternary nitrogens is 1. The molecule has 9 heteroatoms. The van der Waals surface area contributed by atoms with Crippen LogP contribution in [0.25, 0.3) is 0 Å². The molecule has 0 aromatic heterocycles. The second-order valence-corrected chi connectivity index (χ2v) is 15.8. The highest BCUT2D eigenvalue weighted by molar-refractivity contribution is 6.73. The van der Waals surface area contributed by atoms with Crippen molar-refractivity contribution < 1.29 is 33.0 Å². The Morgan fingerprint density at radius 1 is 1.16 bits per heavy atom. The Morgan fingerprint density at radius 3 is 2.35 bits per heavy atom. The molecule has 2 saturated heterocycles. The quantitative estimate of drug-likeness (QED) is 0.182. The molecule has 0 bridgehead atoms. The van der Waals surface area contributed by atoms with Gasteiger partial charge in [-0.15, -0.1) is 0 Å². The lowest BCUT2D eigenvalue weighted by molar-refractivity contribution is -1.06. The fourth-order valence-corrected chi connectivity index (χ4v) is 9.02. The number of hydrogen-bond acceptors (Lipinski definition) is 6. The molecule has 0 saturated carbocycles. The molecule has 0 spiro atoms. The number of carbonyl (C=O) groups is 2. The fraction of sp³-hybridized carbons (Fsp3) is 0.643. The van der Waals surface area contributed by atoms with Crippen molar-refractivity contribution in [2.75, 3.05) is 27.7 Å². The van der Waals surface area contributed by atoms with Gasteiger partial charge in [-0.2, -0.15) is 9.48 Å². The molecule has 37 heavy (non-hydrogen) atoms. The summed E-state index contributed by atoms with van der Waals surface area (Å²) in [7, 11) is 3.77. The zero-order valence-corrected chi connectivity index (χ0v) is 24.4. The van der Waals surface area contributed by atoms with Crippen molar-refractivity contribution in [1.82, 2.24) is 4.90 Å². The maximum absolute atomic E-state index is 13.5. The number of esters is 1. The van der Waals surface area contributed by atoms with Gasteiger partial charge in [0.25, 0.3) is 0 Å². The molecule has 3 aliphatic rings. The number of nitrogens with zero attached hydrogens (tertiary/aromatic N) is 2. The van der Waals surface area contributed by atoms with Crippen LogP contribution in [0.3, 0.4) is 0 Å². The zero-order chi connectivity index (χ0) is 27.0.